The van der Waals surface area contributed by atoms with Crippen molar-refractivity contribution in [2.45, 2.75) is 40.3 Å². The van der Waals surface area contributed by atoms with Gasteiger partial charge in [0.15, 0.2) is 0 Å². The van der Waals surface area contributed by atoms with E-state index in [0.717, 1.165) is 18.8 Å². The first-order valence-electron chi connectivity index (χ1n) is 7.37. The molecule has 0 unspecified atom stereocenters. The second kappa shape index (κ2) is 6.71. The summed E-state index contributed by atoms with van der Waals surface area (Å²) in [4.78, 5) is 6.60. The molecule has 2 aromatic rings. The van der Waals surface area contributed by atoms with Crippen molar-refractivity contribution in [3.8, 4) is 5.69 Å². The molecule has 20 heavy (non-hydrogen) atoms. The Balaban J connectivity index is 2.05. The van der Waals surface area contributed by atoms with Gasteiger partial charge in [-0.05, 0) is 37.5 Å². The summed E-state index contributed by atoms with van der Waals surface area (Å²) in [5, 5.41) is 0. The van der Waals surface area contributed by atoms with Gasteiger partial charge in [-0.3, -0.25) is 4.90 Å². The zero-order chi connectivity index (χ0) is 14.5. The van der Waals surface area contributed by atoms with Gasteiger partial charge in [-0.15, -0.1) is 0 Å². The van der Waals surface area contributed by atoms with Gasteiger partial charge >= 0.3 is 0 Å². The molecule has 0 amide bonds. The minimum atomic E-state index is 0.575. The highest BCUT2D eigenvalue weighted by Gasteiger charge is 2.11. The summed E-state index contributed by atoms with van der Waals surface area (Å²) < 4.78 is 2.03. The summed E-state index contributed by atoms with van der Waals surface area (Å²) in [6, 6.07) is 9.32. The van der Waals surface area contributed by atoms with Gasteiger partial charge in [0.25, 0.3) is 0 Å². The zero-order valence-electron chi connectivity index (χ0n) is 13.0. The molecule has 0 saturated carbocycles. The second-order valence-electron chi connectivity index (χ2n) is 6.05. The number of imidazole rings is 1. The predicted octanol–water partition coefficient (Wildman–Crippen LogP) is 3.74. The maximum absolute atomic E-state index is 4.08. The van der Waals surface area contributed by atoms with Crippen LogP contribution in [0, 0.1) is 5.92 Å². The Labute approximate surface area is 122 Å². The molecule has 0 saturated heterocycles. The largest absolute Gasteiger partial charge is 0.306 e. The van der Waals surface area contributed by atoms with Crippen LogP contribution >= 0.6 is 0 Å². The average molecular weight is 271 g/mol. The van der Waals surface area contributed by atoms with E-state index >= 15 is 0 Å². The number of nitrogens with zero attached hydrogens (tertiary/aromatic N) is 3. The normalized spacial score (nSPS) is 11.8. The van der Waals surface area contributed by atoms with Crippen LogP contribution in [0.15, 0.2) is 43.0 Å². The maximum atomic E-state index is 4.08. The van der Waals surface area contributed by atoms with Crippen molar-refractivity contribution in [1.29, 1.82) is 0 Å². The Kier molecular flexibility index (Phi) is 4.96. The molecular formula is C17H25N3. The van der Waals surface area contributed by atoms with E-state index in [1.54, 1.807) is 6.20 Å². The Bertz CT molecular complexity index is 498. The zero-order valence-corrected chi connectivity index (χ0v) is 13.0. The van der Waals surface area contributed by atoms with Crippen molar-refractivity contribution in [3.05, 3.63) is 48.5 Å². The number of benzene rings is 1. The van der Waals surface area contributed by atoms with Crippen LogP contribution in [-0.4, -0.2) is 27.0 Å². The summed E-state index contributed by atoms with van der Waals surface area (Å²) in [6.07, 6.45) is 5.60. The van der Waals surface area contributed by atoms with Crippen LogP contribution in [0.2, 0.25) is 0 Å². The molecule has 0 aliphatic carbocycles. The van der Waals surface area contributed by atoms with Crippen LogP contribution in [-0.2, 0) is 6.54 Å². The van der Waals surface area contributed by atoms with E-state index in [1.165, 1.54) is 5.56 Å². The van der Waals surface area contributed by atoms with Gasteiger partial charge in [-0.2, -0.15) is 0 Å². The first-order valence-corrected chi connectivity index (χ1v) is 7.37. The highest BCUT2D eigenvalue weighted by Crippen LogP contribution is 2.14. The molecular weight excluding hydrogens is 246 g/mol. The van der Waals surface area contributed by atoms with Crippen molar-refractivity contribution >= 4 is 0 Å². The lowest BCUT2D eigenvalue weighted by Crippen LogP contribution is -2.33. The molecule has 0 N–H and O–H groups in total. The van der Waals surface area contributed by atoms with E-state index in [0.29, 0.717) is 12.0 Å². The fraction of sp³-hybridized carbons (Fsp3) is 0.471. The van der Waals surface area contributed by atoms with Crippen molar-refractivity contribution in [2.24, 2.45) is 5.92 Å². The quantitative estimate of drug-likeness (QED) is 0.798. The molecule has 0 aliphatic heterocycles. The summed E-state index contributed by atoms with van der Waals surface area (Å²) in [5.74, 6) is 0.697. The lowest BCUT2D eigenvalue weighted by Gasteiger charge is -2.28. The first-order chi connectivity index (χ1) is 9.56. The number of rotatable bonds is 6. The molecule has 0 bridgehead atoms. The molecule has 1 aromatic heterocycles. The summed E-state index contributed by atoms with van der Waals surface area (Å²) in [6.45, 7) is 11.2. The van der Waals surface area contributed by atoms with Crippen molar-refractivity contribution in [1.82, 2.24) is 14.5 Å². The Morgan fingerprint density at radius 3 is 2.30 bits per heavy atom. The van der Waals surface area contributed by atoms with Crippen LogP contribution in [0.25, 0.3) is 5.69 Å². The van der Waals surface area contributed by atoms with Crippen LogP contribution < -0.4 is 0 Å². The van der Waals surface area contributed by atoms with Gasteiger partial charge in [0.1, 0.15) is 0 Å². The van der Waals surface area contributed by atoms with E-state index in [1.807, 2.05) is 17.1 Å². The first kappa shape index (κ1) is 14.8. The molecule has 0 radical (unpaired) electrons. The third-order valence-corrected chi connectivity index (χ3v) is 3.45. The van der Waals surface area contributed by atoms with Crippen LogP contribution in [0.1, 0.15) is 33.3 Å². The summed E-state index contributed by atoms with van der Waals surface area (Å²) >= 11 is 0. The third-order valence-electron chi connectivity index (χ3n) is 3.45. The fourth-order valence-corrected chi connectivity index (χ4v) is 2.35. The van der Waals surface area contributed by atoms with E-state index in [-0.39, 0.29) is 0 Å². The van der Waals surface area contributed by atoms with Gasteiger partial charge < -0.3 is 4.57 Å². The van der Waals surface area contributed by atoms with E-state index in [4.69, 9.17) is 0 Å². The molecule has 1 aromatic carbocycles. The van der Waals surface area contributed by atoms with Crippen molar-refractivity contribution in [2.75, 3.05) is 6.54 Å². The van der Waals surface area contributed by atoms with Crippen LogP contribution in [0.3, 0.4) is 0 Å². The number of hydrogen-bond donors (Lipinski definition) is 0. The third kappa shape index (κ3) is 3.94. The molecule has 108 valence electrons. The molecule has 3 nitrogen and oxygen atoms in total. The van der Waals surface area contributed by atoms with Crippen LogP contribution in [0.4, 0.5) is 0 Å². The molecule has 3 heteroatoms. The molecule has 0 fully saturated rings. The van der Waals surface area contributed by atoms with Gasteiger partial charge in [0, 0.05) is 37.2 Å². The van der Waals surface area contributed by atoms with Crippen molar-refractivity contribution < 1.29 is 0 Å². The predicted molar refractivity (Wildman–Crippen MR) is 83.9 cm³/mol. The number of aromatic nitrogens is 2. The number of hydrogen-bond acceptors (Lipinski definition) is 2. The monoisotopic (exact) mass is 271 g/mol. The van der Waals surface area contributed by atoms with Gasteiger partial charge in [0.05, 0.1) is 6.33 Å². The Morgan fingerprint density at radius 2 is 1.80 bits per heavy atom. The smallest absolute Gasteiger partial charge is 0.0991 e. The lowest BCUT2D eigenvalue weighted by atomic mass is 10.1. The molecule has 0 atom stereocenters. The standard InChI is InChI=1S/C17H25N3/c1-14(2)11-20(15(3)4)12-16-5-7-17(8-6-16)19-10-9-18-13-19/h5-10,13-15H,11-12H2,1-4H3. The lowest BCUT2D eigenvalue weighted by molar-refractivity contribution is 0.189. The Morgan fingerprint density at radius 1 is 1.10 bits per heavy atom. The average Bonchev–Trinajstić information content (AvgIpc) is 2.92. The molecule has 1 heterocycles. The summed E-state index contributed by atoms with van der Waals surface area (Å²) in [5.41, 5.74) is 2.52. The fourth-order valence-electron chi connectivity index (χ4n) is 2.35. The topological polar surface area (TPSA) is 21.1 Å². The van der Waals surface area contributed by atoms with Crippen molar-refractivity contribution in [3.63, 3.8) is 0 Å². The second-order valence-corrected chi connectivity index (χ2v) is 6.05. The van der Waals surface area contributed by atoms with E-state index < -0.39 is 0 Å². The van der Waals surface area contributed by atoms with E-state index in [9.17, 15) is 0 Å². The van der Waals surface area contributed by atoms with Gasteiger partial charge in [-0.1, -0.05) is 26.0 Å². The Hall–Kier alpha value is -1.61. The minimum absolute atomic E-state index is 0.575. The summed E-state index contributed by atoms with van der Waals surface area (Å²) in [7, 11) is 0. The van der Waals surface area contributed by atoms with Crippen LogP contribution in [0.5, 0.6) is 0 Å². The highest BCUT2D eigenvalue weighted by atomic mass is 15.1. The molecule has 0 aliphatic rings. The highest BCUT2D eigenvalue weighted by molar-refractivity contribution is 5.34. The molecule has 0 spiro atoms. The van der Waals surface area contributed by atoms with Gasteiger partial charge in [0.2, 0.25) is 0 Å². The molecule has 2 rings (SSSR count). The van der Waals surface area contributed by atoms with E-state index in [2.05, 4.69) is 61.8 Å². The van der Waals surface area contributed by atoms with Gasteiger partial charge in [-0.25, -0.2) is 4.98 Å². The maximum Gasteiger partial charge on any atom is 0.0991 e. The minimum Gasteiger partial charge on any atom is -0.306 e. The SMILES string of the molecule is CC(C)CN(Cc1ccc(-n2ccnc2)cc1)C(C)C.